The molecule has 0 aromatic carbocycles. The van der Waals surface area contributed by atoms with Crippen molar-refractivity contribution in [3.8, 4) is 0 Å². The van der Waals surface area contributed by atoms with Gasteiger partial charge in [-0.05, 0) is 64.4 Å². The average Bonchev–Trinajstić information content (AvgIpc) is 0.810. The molecule has 7 aliphatic rings. The summed E-state index contributed by atoms with van der Waals surface area (Å²) in [6.07, 6.45) is -59.7. The van der Waals surface area contributed by atoms with E-state index in [0.717, 1.165) is 6.08 Å². The first-order valence-corrected chi connectivity index (χ1v) is 27.6. The minimum Gasteiger partial charge on any atom is -0.506 e. The standard InChI is InChI=1S/C45H69N21O28/c1-2-11-84-38-25(70)18(6-10-56-63-49)88-45-34(79)28(73)37(21(91-45)14-59-66-52)94-41(82)31(76)24(69)17(5-9-55-62-48)87-44-33(78)27(72)36(20(90-44)13-58-65-51)93-40(81)30(75)23(68)16(4-8-54-61-47)86-43-32(77)26(71)35(19(89-43)12-57-64-50)92-39(80)29(74)22(67)15(85-42(38)83)3-7-53-60-46/h2,15-21,23,26-28,30,32-37,39-45,67-83H,1,3-14H2/b29-22+,31-24+,38-25-. The molecule has 0 aliphatic carbocycles. The molecule has 7 heterocycles. The number of azide groups is 7. The molecule has 94 heavy (non-hydrogen) atoms. The lowest BCUT2D eigenvalue weighted by Crippen LogP contribution is -2.63. The van der Waals surface area contributed by atoms with Gasteiger partial charge in [-0.1, -0.05) is 48.5 Å². The Balaban J connectivity index is 1.97. The number of aliphatic hydroxyl groups is 17. The second-order valence-corrected chi connectivity index (χ2v) is 20.0. The normalized spacial score (nSPS) is 39.1. The SMILES string of the molecule is C=CCO/C1=C(\O)C(CCN=[N+]=[N-])OC2OC(CN=[N+]=[N-])C(OC(O)/C(O)=C(\O)C(CCN=[N+]=[N-])OC3OC(CN=[N+]=[N-])C(OC(O)C(O)C(O)C(CCN=[N+]=[N-])OC4OC(CN=[N+]=[N-])C(OC(O)/C(O)=C(\O)C(CCN=[N+]=[N-])OC1O)C(O)C4O)C(O)C3O)C(O)C2O. The fourth-order valence-electron chi connectivity index (χ4n) is 9.30. The van der Waals surface area contributed by atoms with Crippen molar-refractivity contribution in [1.29, 1.82) is 0 Å². The van der Waals surface area contributed by atoms with Crippen molar-refractivity contribution in [2.75, 3.05) is 52.4 Å². The molecule has 7 aliphatic heterocycles. The van der Waals surface area contributed by atoms with Crippen molar-refractivity contribution in [2.45, 2.75) is 180 Å². The van der Waals surface area contributed by atoms with Crippen LogP contribution in [0.15, 0.2) is 83.0 Å². The lowest BCUT2D eigenvalue weighted by molar-refractivity contribution is -0.342. The zero-order chi connectivity index (χ0) is 69.8. The summed E-state index contributed by atoms with van der Waals surface area (Å²) in [5.41, 5.74) is 64.0. The third kappa shape index (κ3) is 21.5. The molecule has 17 N–H and O–H groups in total. The maximum Gasteiger partial charge on any atom is 0.218 e. The number of hydrogen-bond acceptors (Lipinski definition) is 35. The van der Waals surface area contributed by atoms with Crippen molar-refractivity contribution in [1.82, 2.24) is 0 Å². The number of aliphatic hydroxyl groups excluding tert-OH is 17. The van der Waals surface area contributed by atoms with Gasteiger partial charge >= 0.3 is 0 Å². The van der Waals surface area contributed by atoms with E-state index in [1.165, 1.54) is 0 Å². The third-order valence-electron chi connectivity index (χ3n) is 14.0. The van der Waals surface area contributed by atoms with E-state index in [9.17, 15) is 103 Å². The smallest absolute Gasteiger partial charge is 0.218 e. The van der Waals surface area contributed by atoms with Crippen molar-refractivity contribution in [3.63, 3.8) is 0 Å². The van der Waals surface area contributed by atoms with Crippen molar-refractivity contribution in [2.24, 2.45) is 35.8 Å². The molecule has 0 aromatic heterocycles. The Morgan fingerprint density at radius 1 is 0.351 bits per heavy atom. The number of rotatable bonds is 21. The molecule has 25 unspecified atom stereocenters. The lowest BCUT2D eigenvalue weighted by Gasteiger charge is -2.45. The molecule has 0 spiro atoms. The summed E-state index contributed by atoms with van der Waals surface area (Å²) < 4.78 is 61.7. The first-order valence-electron chi connectivity index (χ1n) is 27.6. The summed E-state index contributed by atoms with van der Waals surface area (Å²) in [6.45, 7) is -2.40. The van der Waals surface area contributed by atoms with Crippen LogP contribution in [0.2, 0.25) is 0 Å². The highest BCUT2D eigenvalue weighted by molar-refractivity contribution is 5.13. The van der Waals surface area contributed by atoms with Gasteiger partial charge in [0.15, 0.2) is 59.7 Å². The van der Waals surface area contributed by atoms with Crippen LogP contribution < -0.4 is 0 Å². The predicted octanol–water partition coefficient (Wildman–Crippen LogP) is -0.608. The fraction of sp³-hybridized carbons (Fsp3) is 0.822. The number of nitrogens with zero attached hydrogens (tertiary/aromatic N) is 21. The van der Waals surface area contributed by atoms with Gasteiger partial charge in [0.25, 0.3) is 0 Å². The monoisotopic (exact) mass is 1350 g/mol. The molecule has 0 aromatic rings. The van der Waals surface area contributed by atoms with Crippen molar-refractivity contribution < 1.29 is 139 Å². The Labute approximate surface area is 526 Å². The Morgan fingerprint density at radius 3 is 1.05 bits per heavy atom. The number of ether oxygens (including phenoxy) is 11. The van der Waals surface area contributed by atoms with Crippen molar-refractivity contribution >= 4 is 0 Å². The largest absolute Gasteiger partial charge is 0.506 e. The summed E-state index contributed by atoms with van der Waals surface area (Å²) >= 11 is 0. The van der Waals surface area contributed by atoms with Gasteiger partial charge in [-0.15, -0.1) is 0 Å². The Kier molecular flexibility index (Phi) is 33.1. The van der Waals surface area contributed by atoms with Gasteiger partial charge in [-0.2, -0.15) is 0 Å². The summed E-state index contributed by atoms with van der Waals surface area (Å²) in [5, 5.41) is 218. The Bertz CT molecular complexity index is 2920. The zero-order valence-corrected chi connectivity index (χ0v) is 48.7. The molecule has 49 nitrogen and oxygen atoms in total. The maximum absolute atomic E-state index is 11.9. The summed E-state index contributed by atoms with van der Waals surface area (Å²) in [7, 11) is 0. The number of fused-ring (bicyclic) bond motifs is 3. The molecule has 3 fully saturated rings. The maximum atomic E-state index is 11.9. The van der Waals surface area contributed by atoms with Crippen LogP contribution >= 0.6 is 0 Å². The van der Waals surface area contributed by atoms with Crippen molar-refractivity contribution in [3.05, 3.63) is 120 Å². The zero-order valence-electron chi connectivity index (χ0n) is 48.7. The molecule has 7 rings (SSSR count). The molecule has 25 atom stereocenters. The van der Waals surface area contributed by atoms with Crippen LogP contribution in [0.25, 0.3) is 73.1 Å². The Hall–Kier alpha value is -7.95. The quantitative estimate of drug-likeness (QED) is 0.0295. The highest BCUT2D eigenvalue weighted by Gasteiger charge is 2.53. The van der Waals surface area contributed by atoms with Gasteiger partial charge in [-0.3, -0.25) is 0 Å². The highest BCUT2D eigenvalue weighted by atomic mass is 16.7. The summed E-state index contributed by atoms with van der Waals surface area (Å²) in [4.78, 5) is 18.0. The topological polar surface area (TPSA) is 787 Å². The third-order valence-corrected chi connectivity index (χ3v) is 14.0. The minimum absolute atomic E-state index is 0.612. The van der Waals surface area contributed by atoms with Crippen LogP contribution in [-0.4, -0.2) is 293 Å². The van der Waals surface area contributed by atoms with Crippen LogP contribution in [0.3, 0.4) is 0 Å². The minimum atomic E-state index is -2.86. The van der Waals surface area contributed by atoms with E-state index in [4.69, 9.17) is 74.2 Å². The molecule has 0 saturated carbocycles. The van der Waals surface area contributed by atoms with E-state index in [2.05, 4.69) is 76.8 Å². The molecule has 522 valence electrons. The molecule has 0 amide bonds. The highest BCUT2D eigenvalue weighted by Crippen LogP contribution is 2.35. The predicted molar refractivity (Wildman–Crippen MR) is 299 cm³/mol. The van der Waals surface area contributed by atoms with Gasteiger partial charge in [0.1, 0.15) is 92.1 Å². The molecule has 6 bridgehead atoms. The number of hydrogen-bond donors (Lipinski definition) is 17. The van der Waals surface area contributed by atoms with Gasteiger partial charge in [-0.25, -0.2) is 0 Å². The lowest BCUT2D eigenvalue weighted by atomic mass is 9.97. The van der Waals surface area contributed by atoms with Crippen LogP contribution in [-0.2, 0) is 52.1 Å². The second-order valence-electron chi connectivity index (χ2n) is 20.0. The molecule has 49 heteroatoms. The van der Waals surface area contributed by atoms with Gasteiger partial charge in [0.05, 0.1) is 44.1 Å². The molecular formula is C45H69N21O28. The van der Waals surface area contributed by atoms with E-state index >= 15 is 0 Å². The summed E-state index contributed by atoms with van der Waals surface area (Å²) in [5.74, 6) is -8.50. The van der Waals surface area contributed by atoms with E-state index in [1.807, 2.05) is 0 Å². The first kappa shape index (κ1) is 78.5. The van der Waals surface area contributed by atoms with E-state index in [-0.39, 0.29) is 0 Å². The molecule has 3 saturated heterocycles. The molecule has 0 radical (unpaired) electrons. The van der Waals surface area contributed by atoms with E-state index in [1.54, 1.807) is 0 Å². The second kappa shape index (κ2) is 39.7. The van der Waals surface area contributed by atoms with Gasteiger partial charge in [0, 0.05) is 60.6 Å². The van der Waals surface area contributed by atoms with Crippen LogP contribution in [0.1, 0.15) is 25.7 Å². The average molecular weight is 1350 g/mol. The first-order chi connectivity index (χ1) is 44.9. The van der Waals surface area contributed by atoms with Gasteiger partial charge < -0.3 is 139 Å². The summed E-state index contributed by atoms with van der Waals surface area (Å²) in [6, 6.07) is 0. The van der Waals surface area contributed by atoms with Crippen LogP contribution in [0, 0.1) is 0 Å². The Morgan fingerprint density at radius 2 is 0.681 bits per heavy atom. The van der Waals surface area contributed by atoms with E-state index in [0.29, 0.717) is 0 Å². The van der Waals surface area contributed by atoms with Gasteiger partial charge in [0.2, 0.25) is 18.9 Å². The van der Waals surface area contributed by atoms with Crippen LogP contribution in [0.4, 0.5) is 0 Å². The molecular weight excluding hydrogens is 1280 g/mol. The van der Waals surface area contributed by atoms with Crippen LogP contribution in [0.5, 0.6) is 0 Å². The van der Waals surface area contributed by atoms with E-state index < -0.39 is 267 Å². The fourth-order valence-corrected chi connectivity index (χ4v) is 9.30.